The average molecular weight is 439 g/mol. The zero-order valence-electron chi connectivity index (χ0n) is 17.0. The molecular weight excluding hydrogens is 419 g/mol. The lowest BCUT2D eigenvalue weighted by molar-refractivity contribution is -0.137. The number of benzene rings is 2. The third kappa shape index (κ3) is 3.86. The molecule has 0 spiro atoms. The summed E-state index contributed by atoms with van der Waals surface area (Å²) in [4.78, 5) is 22.7. The van der Waals surface area contributed by atoms with Crippen molar-refractivity contribution in [2.45, 2.75) is 24.9 Å². The standard InChI is InChI=1S/C23H20F3N5O/c24-23(25,26)16-7-5-14(6-8-16)19-13-20(30-29-19)22(32)31-11-9-15(10-12-31)21-27-17-3-1-2-4-18(17)28-21/h1-8,13,15H,9-12H2,(H,27,28)(H,29,30). The minimum Gasteiger partial charge on any atom is -0.342 e. The van der Waals surface area contributed by atoms with Gasteiger partial charge in [0.25, 0.3) is 5.91 Å². The molecule has 0 unspecified atom stereocenters. The molecule has 2 N–H and O–H groups in total. The molecule has 1 aliphatic rings. The van der Waals surface area contributed by atoms with Gasteiger partial charge in [-0.05, 0) is 43.2 Å². The Morgan fingerprint density at radius 3 is 2.44 bits per heavy atom. The highest BCUT2D eigenvalue weighted by molar-refractivity contribution is 5.93. The SMILES string of the molecule is O=C(c1cc(-c2ccc(C(F)(F)F)cc2)n[nH]1)N1CCC(c2nc3ccccc3[nH]2)CC1. The second kappa shape index (κ2) is 7.81. The highest BCUT2D eigenvalue weighted by Crippen LogP contribution is 2.31. The van der Waals surface area contributed by atoms with Crippen molar-refractivity contribution in [3.05, 3.63) is 71.7 Å². The van der Waals surface area contributed by atoms with Crippen molar-refractivity contribution in [1.82, 2.24) is 25.1 Å². The van der Waals surface area contributed by atoms with Crippen LogP contribution in [0.3, 0.4) is 0 Å². The van der Waals surface area contributed by atoms with E-state index in [1.54, 1.807) is 11.0 Å². The lowest BCUT2D eigenvalue weighted by atomic mass is 9.96. The van der Waals surface area contributed by atoms with Crippen molar-refractivity contribution >= 4 is 16.9 Å². The predicted molar refractivity (Wildman–Crippen MR) is 113 cm³/mol. The summed E-state index contributed by atoms with van der Waals surface area (Å²) in [7, 11) is 0. The van der Waals surface area contributed by atoms with E-state index in [-0.39, 0.29) is 11.8 Å². The first-order valence-electron chi connectivity index (χ1n) is 10.4. The number of nitrogens with zero attached hydrogens (tertiary/aromatic N) is 3. The molecule has 1 aliphatic heterocycles. The number of likely N-dealkylation sites (tertiary alicyclic amines) is 1. The van der Waals surface area contributed by atoms with Gasteiger partial charge < -0.3 is 9.88 Å². The van der Waals surface area contributed by atoms with E-state index in [9.17, 15) is 18.0 Å². The lowest BCUT2D eigenvalue weighted by Crippen LogP contribution is -2.38. The van der Waals surface area contributed by atoms with Gasteiger partial charge in [0.2, 0.25) is 0 Å². The summed E-state index contributed by atoms with van der Waals surface area (Å²) >= 11 is 0. The summed E-state index contributed by atoms with van der Waals surface area (Å²) in [6.45, 7) is 1.18. The Labute approximate surface area is 181 Å². The molecule has 0 bridgehead atoms. The fourth-order valence-corrected chi connectivity index (χ4v) is 4.10. The minimum atomic E-state index is -4.39. The Balaban J connectivity index is 1.24. The summed E-state index contributed by atoms with van der Waals surface area (Å²) in [6, 6.07) is 14.2. The molecule has 4 aromatic rings. The first kappa shape index (κ1) is 20.3. The Bertz CT molecular complexity index is 1220. The van der Waals surface area contributed by atoms with Gasteiger partial charge in [0.15, 0.2) is 0 Å². The Kier molecular flexibility index (Phi) is 4.96. The summed E-state index contributed by atoms with van der Waals surface area (Å²) in [5.41, 5.74) is 2.49. The molecule has 32 heavy (non-hydrogen) atoms. The van der Waals surface area contributed by atoms with Crippen molar-refractivity contribution in [1.29, 1.82) is 0 Å². The van der Waals surface area contributed by atoms with Crippen LogP contribution in [0.1, 0.15) is 40.6 Å². The van der Waals surface area contributed by atoms with Gasteiger partial charge in [-0.15, -0.1) is 0 Å². The largest absolute Gasteiger partial charge is 0.416 e. The van der Waals surface area contributed by atoms with E-state index < -0.39 is 11.7 Å². The van der Waals surface area contributed by atoms with E-state index in [0.717, 1.165) is 41.8 Å². The molecule has 0 saturated carbocycles. The van der Waals surface area contributed by atoms with Crippen molar-refractivity contribution in [2.75, 3.05) is 13.1 Å². The normalized spacial score (nSPS) is 15.4. The molecule has 0 radical (unpaired) electrons. The van der Waals surface area contributed by atoms with E-state index in [0.29, 0.717) is 30.0 Å². The summed E-state index contributed by atoms with van der Waals surface area (Å²) < 4.78 is 38.3. The van der Waals surface area contributed by atoms with E-state index in [1.807, 2.05) is 24.3 Å². The van der Waals surface area contributed by atoms with Gasteiger partial charge in [0, 0.05) is 24.6 Å². The fourth-order valence-electron chi connectivity index (χ4n) is 4.10. The number of aromatic nitrogens is 4. The van der Waals surface area contributed by atoms with E-state index in [1.165, 1.54) is 12.1 Å². The van der Waals surface area contributed by atoms with Crippen molar-refractivity contribution < 1.29 is 18.0 Å². The van der Waals surface area contributed by atoms with Gasteiger partial charge in [0.1, 0.15) is 11.5 Å². The molecule has 3 heterocycles. The number of piperidine rings is 1. The van der Waals surface area contributed by atoms with Gasteiger partial charge in [-0.2, -0.15) is 18.3 Å². The smallest absolute Gasteiger partial charge is 0.342 e. The molecule has 0 atom stereocenters. The van der Waals surface area contributed by atoms with Crippen LogP contribution < -0.4 is 0 Å². The second-order valence-electron chi connectivity index (χ2n) is 7.95. The first-order chi connectivity index (χ1) is 15.4. The lowest BCUT2D eigenvalue weighted by Gasteiger charge is -2.30. The van der Waals surface area contributed by atoms with Crippen molar-refractivity contribution in [3.63, 3.8) is 0 Å². The van der Waals surface area contributed by atoms with Crippen LogP contribution in [0, 0.1) is 0 Å². The van der Waals surface area contributed by atoms with Crippen LogP contribution in [0.5, 0.6) is 0 Å². The molecule has 2 aromatic heterocycles. The number of carbonyl (C=O) groups excluding carboxylic acids is 1. The number of alkyl halides is 3. The van der Waals surface area contributed by atoms with Crippen LogP contribution >= 0.6 is 0 Å². The molecule has 2 aromatic carbocycles. The third-order valence-corrected chi connectivity index (χ3v) is 5.89. The van der Waals surface area contributed by atoms with Crippen molar-refractivity contribution in [3.8, 4) is 11.3 Å². The van der Waals surface area contributed by atoms with Gasteiger partial charge in [0.05, 0.1) is 22.3 Å². The summed E-state index contributed by atoms with van der Waals surface area (Å²) in [5, 5.41) is 6.84. The number of H-pyrrole nitrogens is 2. The Morgan fingerprint density at radius 1 is 1.03 bits per heavy atom. The first-order valence-corrected chi connectivity index (χ1v) is 10.4. The highest BCUT2D eigenvalue weighted by atomic mass is 19.4. The van der Waals surface area contributed by atoms with Crippen LogP contribution in [0.2, 0.25) is 0 Å². The van der Waals surface area contributed by atoms with Crippen LogP contribution in [-0.2, 0) is 6.18 Å². The number of halogens is 3. The maximum atomic E-state index is 12.9. The van der Waals surface area contributed by atoms with E-state index in [2.05, 4.69) is 20.2 Å². The maximum Gasteiger partial charge on any atom is 0.416 e. The van der Waals surface area contributed by atoms with Gasteiger partial charge in [-0.1, -0.05) is 24.3 Å². The molecule has 0 aliphatic carbocycles. The number of hydrogen-bond acceptors (Lipinski definition) is 3. The maximum absolute atomic E-state index is 12.9. The van der Waals surface area contributed by atoms with Crippen LogP contribution in [0.4, 0.5) is 13.2 Å². The number of fused-ring (bicyclic) bond motifs is 1. The Hall–Kier alpha value is -3.62. The van der Waals surface area contributed by atoms with Gasteiger partial charge in [-0.25, -0.2) is 4.98 Å². The number of amides is 1. The van der Waals surface area contributed by atoms with Crippen LogP contribution in [0.25, 0.3) is 22.3 Å². The number of hydrogen-bond donors (Lipinski definition) is 2. The number of carbonyl (C=O) groups is 1. The fraction of sp³-hybridized carbons (Fsp3) is 0.261. The van der Waals surface area contributed by atoms with Crippen LogP contribution in [-0.4, -0.2) is 44.1 Å². The predicted octanol–water partition coefficient (Wildman–Crippen LogP) is 4.99. The third-order valence-electron chi connectivity index (χ3n) is 5.89. The number of para-hydroxylation sites is 2. The molecule has 9 heteroatoms. The Morgan fingerprint density at radius 2 is 1.75 bits per heavy atom. The molecule has 6 nitrogen and oxygen atoms in total. The zero-order chi connectivity index (χ0) is 22.3. The number of aromatic amines is 2. The van der Waals surface area contributed by atoms with E-state index in [4.69, 9.17) is 0 Å². The zero-order valence-corrected chi connectivity index (χ0v) is 17.0. The molecule has 1 amide bonds. The van der Waals surface area contributed by atoms with Crippen LogP contribution in [0.15, 0.2) is 54.6 Å². The molecule has 5 rings (SSSR count). The molecular formula is C23H20F3N5O. The quantitative estimate of drug-likeness (QED) is 0.472. The van der Waals surface area contributed by atoms with Gasteiger partial charge in [-0.3, -0.25) is 9.89 Å². The monoisotopic (exact) mass is 439 g/mol. The number of nitrogens with one attached hydrogen (secondary N) is 2. The second-order valence-corrected chi connectivity index (χ2v) is 7.95. The average Bonchev–Trinajstić information content (AvgIpc) is 3.46. The molecule has 1 fully saturated rings. The summed E-state index contributed by atoms with van der Waals surface area (Å²) in [6.07, 6.45) is -2.79. The van der Waals surface area contributed by atoms with E-state index >= 15 is 0 Å². The summed E-state index contributed by atoms with van der Waals surface area (Å²) in [5.74, 6) is 1.04. The van der Waals surface area contributed by atoms with Crippen molar-refractivity contribution in [2.24, 2.45) is 0 Å². The topological polar surface area (TPSA) is 77.7 Å². The minimum absolute atomic E-state index is 0.168. The number of rotatable bonds is 3. The number of imidazole rings is 1. The highest BCUT2D eigenvalue weighted by Gasteiger charge is 2.30. The molecule has 164 valence electrons. The van der Waals surface area contributed by atoms with Gasteiger partial charge >= 0.3 is 6.18 Å². The molecule has 1 saturated heterocycles.